The first-order chi connectivity index (χ1) is 16.7. The van der Waals surface area contributed by atoms with Crippen molar-refractivity contribution < 1.29 is 9.53 Å². The Morgan fingerprint density at radius 2 is 1.80 bits per heavy atom. The number of benzene rings is 1. The number of hydrogen-bond acceptors (Lipinski definition) is 7. The zero-order chi connectivity index (χ0) is 25.0. The van der Waals surface area contributed by atoms with E-state index < -0.39 is 11.7 Å². The SMILES string of the molecule is Cc1nc(-c2cnn(C)c2CNc2nccc(-c3ccccc3)n2)ccc1NC(=O)OC(C)(C)C. The van der Waals surface area contributed by atoms with Gasteiger partial charge in [-0.05, 0) is 45.9 Å². The first kappa shape index (κ1) is 23.9. The number of ether oxygens (including phenoxy) is 1. The fourth-order valence-corrected chi connectivity index (χ4v) is 3.52. The fourth-order valence-electron chi connectivity index (χ4n) is 3.52. The lowest BCUT2D eigenvalue weighted by Crippen LogP contribution is -2.27. The Morgan fingerprint density at radius 1 is 1.03 bits per heavy atom. The van der Waals surface area contributed by atoms with Crippen molar-refractivity contribution in [2.45, 2.75) is 39.8 Å². The number of aryl methyl sites for hydroxylation is 2. The maximum atomic E-state index is 12.1. The standard InChI is InChI=1S/C26H29N7O2/c1-17-20(32-25(34)35-26(2,3)4)11-12-22(30-17)19-15-29-33(5)23(19)16-28-24-27-14-13-21(31-24)18-9-7-6-8-10-18/h6-15H,16H2,1-5H3,(H,32,34)(H,27,28,31). The lowest BCUT2D eigenvalue weighted by atomic mass is 10.1. The second kappa shape index (κ2) is 9.92. The summed E-state index contributed by atoms with van der Waals surface area (Å²) in [5, 5.41) is 10.5. The lowest BCUT2D eigenvalue weighted by Gasteiger charge is -2.20. The van der Waals surface area contributed by atoms with Crippen molar-refractivity contribution in [3.05, 3.63) is 72.3 Å². The monoisotopic (exact) mass is 471 g/mol. The van der Waals surface area contributed by atoms with E-state index in [0.29, 0.717) is 23.9 Å². The van der Waals surface area contributed by atoms with E-state index >= 15 is 0 Å². The van der Waals surface area contributed by atoms with Crippen LogP contribution in [0.25, 0.3) is 22.5 Å². The molecule has 35 heavy (non-hydrogen) atoms. The molecule has 9 nitrogen and oxygen atoms in total. The topological polar surface area (TPSA) is 107 Å². The van der Waals surface area contributed by atoms with E-state index in [1.807, 2.05) is 83.3 Å². The van der Waals surface area contributed by atoms with E-state index in [1.54, 1.807) is 17.1 Å². The Morgan fingerprint density at radius 3 is 2.51 bits per heavy atom. The van der Waals surface area contributed by atoms with Crippen LogP contribution >= 0.6 is 0 Å². The number of hydrogen-bond donors (Lipinski definition) is 2. The molecule has 0 spiro atoms. The van der Waals surface area contributed by atoms with E-state index in [2.05, 4.69) is 25.7 Å². The summed E-state index contributed by atoms with van der Waals surface area (Å²) in [5.74, 6) is 0.527. The summed E-state index contributed by atoms with van der Waals surface area (Å²) < 4.78 is 7.13. The first-order valence-corrected chi connectivity index (χ1v) is 11.3. The molecule has 9 heteroatoms. The molecule has 1 aromatic carbocycles. The zero-order valence-corrected chi connectivity index (χ0v) is 20.5. The van der Waals surface area contributed by atoms with Crippen molar-refractivity contribution in [2.75, 3.05) is 10.6 Å². The average molecular weight is 472 g/mol. The first-order valence-electron chi connectivity index (χ1n) is 11.3. The van der Waals surface area contributed by atoms with Crippen LogP contribution in [0.15, 0.2) is 60.9 Å². The molecule has 4 rings (SSSR count). The number of rotatable bonds is 6. The molecule has 0 aliphatic heterocycles. The number of nitrogens with one attached hydrogen (secondary N) is 2. The molecule has 0 saturated carbocycles. The molecule has 1 amide bonds. The lowest BCUT2D eigenvalue weighted by molar-refractivity contribution is 0.0635. The molecule has 0 unspecified atom stereocenters. The number of carbonyl (C=O) groups is 1. The molecule has 2 N–H and O–H groups in total. The summed E-state index contributed by atoms with van der Waals surface area (Å²) in [6, 6.07) is 15.5. The molecule has 0 atom stereocenters. The van der Waals surface area contributed by atoms with Gasteiger partial charge in [-0.3, -0.25) is 15.0 Å². The van der Waals surface area contributed by atoms with Crippen LogP contribution in [0.4, 0.5) is 16.4 Å². The molecule has 0 fully saturated rings. The summed E-state index contributed by atoms with van der Waals surface area (Å²) in [6.45, 7) is 7.77. The molecule has 0 bridgehead atoms. The second-order valence-electron chi connectivity index (χ2n) is 9.07. The molecule has 0 radical (unpaired) electrons. The van der Waals surface area contributed by atoms with Gasteiger partial charge in [0.05, 0.1) is 41.2 Å². The van der Waals surface area contributed by atoms with Gasteiger partial charge in [0, 0.05) is 24.4 Å². The van der Waals surface area contributed by atoms with Gasteiger partial charge in [-0.1, -0.05) is 30.3 Å². The van der Waals surface area contributed by atoms with E-state index in [-0.39, 0.29) is 0 Å². The van der Waals surface area contributed by atoms with Gasteiger partial charge >= 0.3 is 6.09 Å². The molecule has 0 aliphatic carbocycles. The van der Waals surface area contributed by atoms with Crippen LogP contribution in [0.3, 0.4) is 0 Å². The number of amides is 1. The highest BCUT2D eigenvalue weighted by Gasteiger charge is 2.18. The largest absolute Gasteiger partial charge is 0.444 e. The average Bonchev–Trinajstić information content (AvgIpc) is 3.19. The molecule has 0 aliphatic rings. The fraction of sp³-hybridized carbons (Fsp3) is 0.269. The number of aromatic nitrogens is 5. The number of carbonyl (C=O) groups excluding carboxylic acids is 1. The Hall–Kier alpha value is -4.27. The smallest absolute Gasteiger partial charge is 0.412 e. The normalized spacial score (nSPS) is 11.2. The Kier molecular flexibility index (Phi) is 6.77. The minimum Gasteiger partial charge on any atom is -0.444 e. The van der Waals surface area contributed by atoms with Crippen LogP contribution in [0.1, 0.15) is 32.2 Å². The van der Waals surface area contributed by atoms with Gasteiger partial charge in [-0.15, -0.1) is 0 Å². The van der Waals surface area contributed by atoms with Crippen LogP contribution in [-0.4, -0.2) is 36.4 Å². The van der Waals surface area contributed by atoms with Gasteiger partial charge in [0.2, 0.25) is 5.95 Å². The van der Waals surface area contributed by atoms with E-state index in [1.165, 1.54) is 0 Å². The molecule has 180 valence electrons. The third-order valence-corrected chi connectivity index (χ3v) is 5.20. The Balaban J connectivity index is 1.50. The minimum absolute atomic E-state index is 0.461. The van der Waals surface area contributed by atoms with Crippen molar-refractivity contribution in [3.63, 3.8) is 0 Å². The number of nitrogens with zero attached hydrogens (tertiary/aromatic N) is 5. The van der Waals surface area contributed by atoms with Crippen LogP contribution in [0.5, 0.6) is 0 Å². The predicted octanol–water partition coefficient (Wildman–Crippen LogP) is 5.21. The van der Waals surface area contributed by atoms with Crippen LogP contribution in [-0.2, 0) is 18.3 Å². The number of anilines is 2. The summed E-state index contributed by atoms with van der Waals surface area (Å²) in [5.41, 5.74) is 5.13. The Labute approximate surface area is 204 Å². The summed E-state index contributed by atoms with van der Waals surface area (Å²) in [7, 11) is 1.88. The van der Waals surface area contributed by atoms with Gasteiger partial charge in [0.25, 0.3) is 0 Å². The minimum atomic E-state index is -0.576. The van der Waals surface area contributed by atoms with Gasteiger partial charge in [-0.2, -0.15) is 5.10 Å². The van der Waals surface area contributed by atoms with Crippen molar-refractivity contribution in [2.24, 2.45) is 7.05 Å². The van der Waals surface area contributed by atoms with Crippen molar-refractivity contribution in [1.82, 2.24) is 24.7 Å². The highest BCUT2D eigenvalue weighted by Crippen LogP contribution is 2.26. The van der Waals surface area contributed by atoms with Gasteiger partial charge in [-0.25, -0.2) is 14.8 Å². The van der Waals surface area contributed by atoms with E-state index in [4.69, 9.17) is 9.72 Å². The van der Waals surface area contributed by atoms with Gasteiger partial charge in [0.1, 0.15) is 5.60 Å². The van der Waals surface area contributed by atoms with Gasteiger partial charge < -0.3 is 10.1 Å². The molecule has 3 aromatic heterocycles. The third kappa shape index (κ3) is 6.00. The zero-order valence-electron chi connectivity index (χ0n) is 20.5. The van der Waals surface area contributed by atoms with Crippen molar-refractivity contribution >= 4 is 17.7 Å². The molecular weight excluding hydrogens is 442 g/mol. The van der Waals surface area contributed by atoms with Gasteiger partial charge in [0.15, 0.2) is 0 Å². The second-order valence-corrected chi connectivity index (χ2v) is 9.07. The highest BCUT2D eigenvalue weighted by molar-refractivity contribution is 5.86. The van der Waals surface area contributed by atoms with Crippen LogP contribution in [0, 0.1) is 6.92 Å². The molecule has 4 aromatic rings. The number of pyridine rings is 1. The van der Waals surface area contributed by atoms with Crippen LogP contribution in [0.2, 0.25) is 0 Å². The summed E-state index contributed by atoms with van der Waals surface area (Å²) in [4.78, 5) is 25.8. The van der Waals surface area contributed by atoms with E-state index in [9.17, 15) is 4.79 Å². The third-order valence-electron chi connectivity index (χ3n) is 5.20. The highest BCUT2D eigenvalue weighted by atomic mass is 16.6. The maximum Gasteiger partial charge on any atom is 0.412 e. The maximum absolute atomic E-state index is 12.1. The van der Waals surface area contributed by atoms with Crippen molar-refractivity contribution in [1.29, 1.82) is 0 Å². The van der Waals surface area contributed by atoms with Crippen LogP contribution < -0.4 is 10.6 Å². The molecule has 0 saturated heterocycles. The molecular formula is C26H29N7O2. The Bertz CT molecular complexity index is 1330. The van der Waals surface area contributed by atoms with E-state index in [0.717, 1.165) is 28.2 Å². The predicted molar refractivity (Wildman–Crippen MR) is 136 cm³/mol. The quantitative estimate of drug-likeness (QED) is 0.398. The molecule has 3 heterocycles. The van der Waals surface area contributed by atoms with Crippen molar-refractivity contribution in [3.8, 4) is 22.5 Å². The summed E-state index contributed by atoms with van der Waals surface area (Å²) >= 11 is 0. The summed E-state index contributed by atoms with van der Waals surface area (Å²) in [6.07, 6.45) is 3.00.